The van der Waals surface area contributed by atoms with Crippen molar-refractivity contribution in [2.45, 2.75) is 19.9 Å². The molecule has 0 atom stereocenters. The van der Waals surface area contributed by atoms with Crippen LogP contribution in [0.4, 0.5) is 11.6 Å². The monoisotopic (exact) mass is 325 g/mol. The van der Waals surface area contributed by atoms with E-state index in [-0.39, 0.29) is 5.91 Å². The SMILES string of the molecule is CCC(=O)Nc1cnc2ccc(NCc3ccc(OC)cc3)nn12. The summed E-state index contributed by atoms with van der Waals surface area (Å²) >= 11 is 0. The van der Waals surface area contributed by atoms with Crippen LogP contribution in [0.3, 0.4) is 0 Å². The van der Waals surface area contributed by atoms with E-state index in [0.29, 0.717) is 30.2 Å². The Hall–Kier alpha value is -3.09. The van der Waals surface area contributed by atoms with Crippen molar-refractivity contribution >= 4 is 23.2 Å². The lowest BCUT2D eigenvalue weighted by Gasteiger charge is -2.08. The molecule has 1 aromatic carbocycles. The van der Waals surface area contributed by atoms with Crippen molar-refractivity contribution in [1.29, 1.82) is 0 Å². The van der Waals surface area contributed by atoms with Gasteiger partial charge in [-0.3, -0.25) is 4.79 Å². The molecular formula is C17H19N5O2. The van der Waals surface area contributed by atoms with Crippen LogP contribution in [0.1, 0.15) is 18.9 Å². The average Bonchev–Trinajstić information content (AvgIpc) is 3.02. The molecule has 1 amide bonds. The molecule has 0 fully saturated rings. The number of carbonyl (C=O) groups excluding carboxylic acids is 1. The fraction of sp³-hybridized carbons (Fsp3) is 0.235. The molecule has 0 spiro atoms. The molecule has 0 unspecified atom stereocenters. The van der Waals surface area contributed by atoms with Crippen molar-refractivity contribution in [2.75, 3.05) is 17.7 Å². The first-order valence-electron chi connectivity index (χ1n) is 7.71. The minimum atomic E-state index is -0.0739. The number of imidazole rings is 1. The number of hydrogen-bond donors (Lipinski definition) is 2. The second kappa shape index (κ2) is 6.99. The van der Waals surface area contributed by atoms with E-state index in [1.165, 1.54) is 0 Å². The Labute approximate surface area is 139 Å². The van der Waals surface area contributed by atoms with Crippen molar-refractivity contribution in [3.8, 4) is 5.75 Å². The lowest BCUT2D eigenvalue weighted by molar-refractivity contribution is -0.115. The third kappa shape index (κ3) is 3.45. The number of nitrogens with one attached hydrogen (secondary N) is 2. The lowest BCUT2D eigenvalue weighted by Crippen LogP contribution is -2.12. The summed E-state index contributed by atoms with van der Waals surface area (Å²) in [7, 11) is 1.65. The molecule has 0 aliphatic rings. The number of benzene rings is 1. The van der Waals surface area contributed by atoms with Crippen molar-refractivity contribution in [3.05, 3.63) is 48.2 Å². The Balaban J connectivity index is 1.74. The zero-order valence-corrected chi connectivity index (χ0v) is 13.6. The summed E-state index contributed by atoms with van der Waals surface area (Å²) in [6.45, 7) is 2.43. The van der Waals surface area contributed by atoms with Gasteiger partial charge in [0.25, 0.3) is 0 Å². The summed E-state index contributed by atoms with van der Waals surface area (Å²) in [5.74, 6) is 2.01. The van der Waals surface area contributed by atoms with Crippen LogP contribution in [-0.2, 0) is 11.3 Å². The van der Waals surface area contributed by atoms with Crippen molar-refractivity contribution in [3.63, 3.8) is 0 Å². The number of fused-ring (bicyclic) bond motifs is 1. The number of amides is 1. The van der Waals surface area contributed by atoms with E-state index in [9.17, 15) is 4.79 Å². The molecule has 2 heterocycles. The number of carbonyl (C=O) groups is 1. The van der Waals surface area contributed by atoms with Gasteiger partial charge >= 0.3 is 0 Å². The van der Waals surface area contributed by atoms with Crippen LogP contribution in [-0.4, -0.2) is 27.6 Å². The summed E-state index contributed by atoms with van der Waals surface area (Å²) in [5.41, 5.74) is 1.79. The van der Waals surface area contributed by atoms with Gasteiger partial charge in [-0.2, -0.15) is 4.52 Å². The number of nitrogens with zero attached hydrogens (tertiary/aromatic N) is 3. The number of ether oxygens (including phenoxy) is 1. The molecule has 7 heteroatoms. The van der Waals surface area contributed by atoms with Crippen LogP contribution in [0.15, 0.2) is 42.6 Å². The second-order valence-corrected chi connectivity index (χ2v) is 5.24. The molecule has 124 valence electrons. The molecule has 0 saturated carbocycles. The highest BCUT2D eigenvalue weighted by Crippen LogP contribution is 2.15. The second-order valence-electron chi connectivity index (χ2n) is 5.24. The minimum Gasteiger partial charge on any atom is -0.497 e. The van der Waals surface area contributed by atoms with E-state index in [1.807, 2.05) is 36.4 Å². The molecule has 0 bridgehead atoms. The summed E-state index contributed by atoms with van der Waals surface area (Å²) in [4.78, 5) is 15.8. The van der Waals surface area contributed by atoms with Crippen LogP contribution in [0.2, 0.25) is 0 Å². The first-order valence-corrected chi connectivity index (χ1v) is 7.71. The highest BCUT2D eigenvalue weighted by Gasteiger charge is 2.08. The van der Waals surface area contributed by atoms with E-state index in [4.69, 9.17) is 4.74 Å². The minimum absolute atomic E-state index is 0.0739. The van der Waals surface area contributed by atoms with Gasteiger partial charge in [0, 0.05) is 13.0 Å². The normalized spacial score (nSPS) is 10.6. The standard InChI is InChI=1S/C17H19N5O2/c1-3-17(23)20-16-11-19-15-9-8-14(21-22(15)16)18-10-12-4-6-13(24-2)7-5-12/h4-9,11H,3,10H2,1-2H3,(H,18,21)(H,20,23). The van der Waals surface area contributed by atoms with Crippen LogP contribution >= 0.6 is 0 Å². The number of rotatable bonds is 6. The fourth-order valence-corrected chi connectivity index (χ4v) is 2.22. The van der Waals surface area contributed by atoms with Gasteiger partial charge in [0.05, 0.1) is 13.3 Å². The van der Waals surface area contributed by atoms with Gasteiger partial charge in [-0.05, 0) is 29.8 Å². The lowest BCUT2D eigenvalue weighted by atomic mass is 10.2. The number of aromatic nitrogens is 3. The smallest absolute Gasteiger partial charge is 0.225 e. The third-order valence-corrected chi connectivity index (χ3v) is 3.58. The van der Waals surface area contributed by atoms with E-state index in [0.717, 1.165) is 11.3 Å². The molecule has 0 aliphatic heterocycles. The van der Waals surface area contributed by atoms with Crippen molar-refractivity contribution in [2.24, 2.45) is 0 Å². The van der Waals surface area contributed by atoms with Gasteiger partial charge in [-0.25, -0.2) is 4.98 Å². The third-order valence-electron chi connectivity index (χ3n) is 3.58. The Bertz CT molecular complexity index is 842. The topological polar surface area (TPSA) is 80.5 Å². The van der Waals surface area contributed by atoms with Gasteiger partial charge in [0.1, 0.15) is 11.6 Å². The van der Waals surface area contributed by atoms with Crippen LogP contribution < -0.4 is 15.4 Å². The summed E-state index contributed by atoms with van der Waals surface area (Å²) < 4.78 is 6.76. The quantitative estimate of drug-likeness (QED) is 0.728. The summed E-state index contributed by atoms with van der Waals surface area (Å²) in [6.07, 6.45) is 2.01. The zero-order chi connectivity index (χ0) is 16.9. The number of methoxy groups -OCH3 is 1. The van der Waals surface area contributed by atoms with Gasteiger partial charge in [-0.1, -0.05) is 19.1 Å². The molecule has 2 N–H and O–H groups in total. The van der Waals surface area contributed by atoms with E-state index >= 15 is 0 Å². The maximum Gasteiger partial charge on any atom is 0.225 e. The largest absolute Gasteiger partial charge is 0.497 e. The highest BCUT2D eigenvalue weighted by molar-refractivity contribution is 5.89. The highest BCUT2D eigenvalue weighted by atomic mass is 16.5. The average molecular weight is 325 g/mol. The van der Waals surface area contributed by atoms with Gasteiger partial charge in [-0.15, -0.1) is 5.10 Å². The van der Waals surface area contributed by atoms with Crippen LogP contribution in [0, 0.1) is 0 Å². The van der Waals surface area contributed by atoms with E-state index < -0.39 is 0 Å². The molecule has 3 aromatic rings. The Morgan fingerprint density at radius 1 is 1.21 bits per heavy atom. The van der Waals surface area contributed by atoms with Crippen molar-refractivity contribution < 1.29 is 9.53 Å². The Kier molecular flexibility index (Phi) is 4.60. The predicted molar refractivity (Wildman–Crippen MR) is 92.2 cm³/mol. The van der Waals surface area contributed by atoms with Gasteiger partial charge in [0.2, 0.25) is 5.91 Å². The Morgan fingerprint density at radius 3 is 2.71 bits per heavy atom. The van der Waals surface area contributed by atoms with Crippen LogP contribution in [0.25, 0.3) is 5.65 Å². The number of hydrogen-bond acceptors (Lipinski definition) is 5. The Morgan fingerprint density at radius 2 is 2.00 bits per heavy atom. The van der Waals surface area contributed by atoms with E-state index in [2.05, 4.69) is 20.7 Å². The molecular weight excluding hydrogens is 306 g/mol. The summed E-state index contributed by atoms with van der Waals surface area (Å²) in [6, 6.07) is 11.5. The zero-order valence-electron chi connectivity index (χ0n) is 13.6. The molecule has 24 heavy (non-hydrogen) atoms. The van der Waals surface area contributed by atoms with Crippen molar-refractivity contribution in [1.82, 2.24) is 14.6 Å². The molecule has 0 aliphatic carbocycles. The molecule has 7 nitrogen and oxygen atoms in total. The first kappa shape index (κ1) is 15.8. The maximum atomic E-state index is 11.6. The van der Waals surface area contributed by atoms with E-state index in [1.54, 1.807) is 24.7 Å². The van der Waals surface area contributed by atoms with Crippen LogP contribution in [0.5, 0.6) is 5.75 Å². The fourth-order valence-electron chi connectivity index (χ4n) is 2.22. The molecule has 0 radical (unpaired) electrons. The van der Waals surface area contributed by atoms with Gasteiger partial charge in [0.15, 0.2) is 11.5 Å². The predicted octanol–water partition coefficient (Wildman–Crippen LogP) is 2.70. The molecule has 3 rings (SSSR count). The number of anilines is 2. The first-order chi connectivity index (χ1) is 11.7. The maximum absolute atomic E-state index is 11.6. The van der Waals surface area contributed by atoms with Gasteiger partial charge < -0.3 is 15.4 Å². The molecule has 0 saturated heterocycles. The molecule has 2 aromatic heterocycles. The summed E-state index contributed by atoms with van der Waals surface area (Å²) in [5, 5.41) is 10.5.